The molecule has 0 unspecified atom stereocenters. The number of aromatic hydroxyl groups is 1. The number of carboxylic acid groups (broad SMARTS) is 1. The highest BCUT2D eigenvalue weighted by molar-refractivity contribution is 7.15. The summed E-state index contributed by atoms with van der Waals surface area (Å²) in [4.78, 5) is 25.5. The van der Waals surface area contributed by atoms with E-state index in [1.54, 1.807) is 43.5 Å². The number of rotatable bonds is 5. The molecule has 1 aliphatic rings. The van der Waals surface area contributed by atoms with Crippen LogP contribution in [0, 0.1) is 0 Å². The number of carbonyl (C=O) groups is 2. The molecule has 3 aromatic rings. The third kappa shape index (κ3) is 3.35. The van der Waals surface area contributed by atoms with E-state index < -0.39 is 5.97 Å². The quantitative estimate of drug-likeness (QED) is 0.563. The molecule has 4 rings (SSSR count). The van der Waals surface area contributed by atoms with Crippen molar-refractivity contribution in [2.75, 3.05) is 19.5 Å². The van der Waals surface area contributed by atoms with Gasteiger partial charge in [0, 0.05) is 22.8 Å². The molecular weight excluding hydrogens is 406 g/mol. The van der Waals surface area contributed by atoms with Crippen molar-refractivity contribution in [2.45, 2.75) is 12.3 Å². The number of amides is 1. The molecule has 0 aliphatic carbocycles. The number of fused-ring (bicyclic) bond motifs is 1. The van der Waals surface area contributed by atoms with Gasteiger partial charge in [0.2, 0.25) is 5.91 Å². The zero-order valence-electron chi connectivity index (χ0n) is 16.3. The van der Waals surface area contributed by atoms with E-state index in [-0.39, 0.29) is 28.9 Å². The van der Waals surface area contributed by atoms with Gasteiger partial charge in [-0.2, -0.15) is 0 Å². The molecule has 8 heteroatoms. The molecule has 30 heavy (non-hydrogen) atoms. The fraction of sp³-hybridized carbons (Fsp3) is 0.182. The number of ether oxygens (including phenoxy) is 2. The zero-order valence-corrected chi connectivity index (χ0v) is 17.1. The number of phenolic OH excluding ortho intramolecular Hbond substituents is 1. The van der Waals surface area contributed by atoms with Crippen LogP contribution in [-0.2, 0) is 4.79 Å². The van der Waals surface area contributed by atoms with Crippen molar-refractivity contribution in [1.82, 2.24) is 0 Å². The molecule has 0 spiro atoms. The lowest BCUT2D eigenvalue weighted by molar-refractivity contribution is -0.116. The summed E-state index contributed by atoms with van der Waals surface area (Å²) in [6.45, 7) is 0. The fourth-order valence-corrected chi connectivity index (χ4v) is 4.90. The van der Waals surface area contributed by atoms with Crippen molar-refractivity contribution in [2.24, 2.45) is 0 Å². The van der Waals surface area contributed by atoms with Gasteiger partial charge in [0.15, 0.2) is 11.5 Å². The highest BCUT2D eigenvalue weighted by Crippen LogP contribution is 2.50. The number of hydrogen-bond donors (Lipinski definition) is 3. The largest absolute Gasteiger partial charge is 0.504 e. The lowest BCUT2D eigenvalue weighted by Gasteiger charge is -2.24. The minimum atomic E-state index is -1.06. The summed E-state index contributed by atoms with van der Waals surface area (Å²) in [5.74, 6) is -0.666. The second-order valence-electron chi connectivity index (χ2n) is 6.82. The Morgan fingerprint density at radius 3 is 2.50 bits per heavy atom. The molecule has 0 radical (unpaired) electrons. The molecule has 1 atom stereocenters. The lowest BCUT2D eigenvalue weighted by Crippen LogP contribution is -2.22. The standard InChI is InChI=1S/C22H19NO6S/c1-28-13-6-3-11(4-7-13)18-19-20(30-21(18)22(26)27)14(10-17(25)23-19)12-5-8-15(24)16(9-12)29-2/h3-9,14,24H,10H2,1-2H3,(H,23,25)(H,26,27)/t14-/m0/s1. The van der Waals surface area contributed by atoms with Crippen LogP contribution in [0.4, 0.5) is 5.69 Å². The second kappa shape index (κ2) is 7.72. The molecular formula is C22H19NO6S. The average Bonchev–Trinajstić information content (AvgIpc) is 3.13. The highest BCUT2D eigenvalue weighted by atomic mass is 32.1. The Balaban J connectivity index is 1.89. The lowest BCUT2D eigenvalue weighted by atomic mass is 9.88. The summed E-state index contributed by atoms with van der Waals surface area (Å²) in [6.07, 6.45) is 0.169. The second-order valence-corrected chi connectivity index (χ2v) is 7.87. The molecule has 3 N–H and O–H groups in total. The van der Waals surface area contributed by atoms with E-state index in [1.165, 1.54) is 13.2 Å². The number of anilines is 1. The van der Waals surface area contributed by atoms with E-state index >= 15 is 0 Å². The molecule has 2 aromatic carbocycles. The molecule has 1 aromatic heterocycles. The van der Waals surface area contributed by atoms with Crippen LogP contribution >= 0.6 is 11.3 Å². The smallest absolute Gasteiger partial charge is 0.346 e. The highest BCUT2D eigenvalue weighted by Gasteiger charge is 2.34. The number of carbonyl (C=O) groups excluding carboxylic acids is 1. The van der Waals surface area contributed by atoms with Gasteiger partial charge in [0.1, 0.15) is 10.6 Å². The van der Waals surface area contributed by atoms with E-state index in [1.807, 2.05) is 0 Å². The van der Waals surface area contributed by atoms with Gasteiger partial charge in [-0.05, 0) is 35.4 Å². The van der Waals surface area contributed by atoms with Crippen LogP contribution in [0.3, 0.4) is 0 Å². The maximum atomic E-state index is 12.5. The maximum absolute atomic E-state index is 12.5. The number of benzene rings is 2. The minimum absolute atomic E-state index is 0.00180. The van der Waals surface area contributed by atoms with E-state index in [4.69, 9.17) is 9.47 Å². The molecule has 0 saturated carbocycles. The van der Waals surface area contributed by atoms with Gasteiger partial charge in [-0.1, -0.05) is 18.2 Å². The van der Waals surface area contributed by atoms with Crippen LogP contribution in [0.25, 0.3) is 11.1 Å². The van der Waals surface area contributed by atoms with Crippen LogP contribution in [-0.4, -0.2) is 36.3 Å². The number of aromatic carboxylic acids is 1. The first-order valence-electron chi connectivity index (χ1n) is 9.14. The molecule has 1 aliphatic heterocycles. The van der Waals surface area contributed by atoms with Gasteiger partial charge in [-0.15, -0.1) is 11.3 Å². The Morgan fingerprint density at radius 1 is 1.13 bits per heavy atom. The van der Waals surface area contributed by atoms with E-state index in [2.05, 4.69) is 5.32 Å². The van der Waals surface area contributed by atoms with Crippen molar-refractivity contribution < 1.29 is 29.3 Å². The van der Waals surface area contributed by atoms with Gasteiger partial charge in [-0.3, -0.25) is 4.79 Å². The van der Waals surface area contributed by atoms with Crippen molar-refractivity contribution in [3.63, 3.8) is 0 Å². The van der Waals surface area contributed by atoms with Crippen molar-refractivity contribution in [3.8, 4) is 28.4 Å². The number of hydrogen-bond acceptors (Lipinski definition) is 6. The van der Waals surface area contributed by atoms with Crippen molar-refractivity contribution in [1.29, 1.82) is 0 Å². The van der Waals surface area contributed by atoms with Crippen LogP contribution < -0.4 is 14.8 Å². The fourth-order valence-electron chi connectivity index (χ4n) is 3.65. The van der Waals surface area contributed by atoms with Gasteiger partial charge < -0.3 is 25.0 Å². The maximum Gasteiger partial charge on any atom is 0.346 e. The predicted octanol–water partition coefficient (Wildman–Crippen LogP) is 4.31. The number of thiophene rings is 1. The number of carboxylic acids is 1. The zero-order chi connectivity index (χ0) is 21.4. The Labute approximate surface area is 176 Å². The Hall–Kier alpha value is -3.52. The van der Waals surface area contributed by atoms with Crippen LogP contribution in [0.5, 0.6) is 17.2 Å². The molecule has 154 valence electrons. The predicted molar refractivity (Wildman–Crippen MR) is 113 cm³/mol. The molecule has 0 fully saturated rings. The SMILES string of the molecule is COc1ccc(-c2c(C(=O)O)sc3c2NC(=O)C[C@H]3c2ccc(O)c(OC)c2)cc1. The first kappa shape index (κ1) is 19.8. The average molecular weight is 425 g/mol. The first-order valence-corrected chi connectivity index (χ1v) is 9.95. The van der Waals surface area contributed by atoms with Crippen LogP contribution in [0.15, 0.2) is 42.5 Å². The summed E-state index contributed by atoms with van der Waals surface area (Å²) in [5, 5.41) is 22.6. The van der Waals surface area contributed by atoms with Gasteiger partial charge in [-0.25, -0.2) is 4.79 Å². The summed E-state index contributed by atoms with van der Waals surface area (Å²) in [5.41, 5.74) is 2.43. The van der Waals surface area contributed by atoms with Gasteiger partial charge in [0.05, 0.1) is 19.9 Å². The normalized spacial score (nSPS) is 15.3. The summed E-state index contributed by atoms with van der Waals surface area (Å²) in [7, 11) is 3.01. The van der Waals surface area contributed by atoms with Crippen LogP contribution in [0.1, 0.15) is 32.5 Å². The van der Waals surface area contributed by atoms with Gasteiger partial charge >= 0.3 is 5.97 Å². The van der Waals surface area contributed by atoms with Crippen LogP contribution in [0.2, 0.25) is 0 Å². The van der Waals surface area contributed by atoms with Crippen molar-refractivity contribution in [3.05, 3.63) is 57.8 Å². The molecule has 0 bridgehead atoms. The number of nitrogens with one attached hydrogen (secondary N) is 1. The van der Waals surface area contributed by atoms with E-state index in [9.17, 15) is 19.8 Å². The third-order valence-electron chi connectivity index (χ3n) is 5.08. The van der Waals surface area contributed by atoms with Crippen molar-refractivity contribution >= 4 is 28.9 Å². The van der Waals surface area contributed by atoms with E-state index in [0.29, 0.717) is 28.3 Å². The molecule has 7 nitrogen and oxygen atoms in total. The Kier molecular flexibility index (Phi) is 5.09. The summed E-state index contributed by atoms with van der Waals surface area (Å²) in [6, 6.07) is 11.9. The molecule has 1 amide bonds. The molecule has 2 heterocycles. The first-order chi connectivity index (χ1) is 14.4. The Bertz CT molecular complexity index is 1140. The molecule has 0 saturated heterocycles. The monoisotopic (exact) mass is 425 g/mol. The van der Waals surface area contributed by atoms with Gasteiger partial charge in [0.25, 0.3) is 0 Å². The third-order valence-corrected chi connectivity index (χ3v) is 6.38. The van der Waals surface area contributed by atoms with E-state index in [0.717, 1.165) is 21.8 Å². The number of phenols is 1. The summed E-state index contributed by atoms with van der Waals surface area (Å²) < 4.78 is 10.4. The Morgan fingerprint density at radius 2 is 1.87 bits per heavy atom. The number of methoxy groups -OCH3 is 2. The minimum Gasteiger partial charge on any atom is -0.504 e. The topological polar surface area (TPSA) is 105 Å². The summed E-state index contributed by atoms with van der Waals surface area (Å²) >= 11 is 1.15.